The van der Waals surface area contributed by atoms with Crippen molar-refractivity contribution < 1.29 is 9.59 Å². The van der Waals surface area contributed by atoms with Gasteiger partial charge in [-0.15, -0.1) is 0 Å². The fourth-order valence-corrected chi connectivity index (χ4v) is 1.56. The Bertz CT molecular complexity index is 380. The molecule has 1 aromatic carbocycles. The van der Waals surface area contributed by atoms with Crippen LogP contribution in [-0.4, -0.2) is 11.6 Å². The van der Waals surface area contributed by atoms with Crippen LogP contribution < -0.4 is 0 Å². The Balaban J connectivity index is 2.55. The van der Waals surface area contributed by atoms with Gasteiger partial charge in [-0.25, -0.2) is 0 Å². The van der Waals surface area contributed by atoms with E-state index >= 15 is 0 Å². The van der Waals surface area contributed by atoms with E-state index in [4.69, 9.17) is 0 Å². The standard InChI is InChI=1S/C14H18O2/c1-3-4-8-13(15)10-14(16)12-7-5-6-11(2)9-12/h5-7,9H,3-4,8,10H2,1-2H3. The maximum atomic E-state index is 11.7. The van der Waals surface area contributed by atoms with Crippen LogP contribution in [0.1, 0.15) is 48.5 Å². The second kappa shape index (κ2) is 6.21. The lowest BCUT2D eigenvalue weighted by atomic mass is 10.0. The minimum atomic E-state index is -0.0650. The van der Waals surface area contributed by atoms with E-state index in [2.05, 4.69) is 0 Å². The van der Waals surface area contributed by atoms with E-state index in [1.54, 1.807) is 6.07 Å². The molecule has 86 valence electrons. The Labute approximate surface area is 96.7 Å². The molecule has 2 heteroatoms. The molecule has 0 atom stereocenters. The van der Waals surface area contributed by atoms with Crippen LogP contribution in [0.15, 0.2) is 24.3 Å². The first kappa shape index (κ1) is 12.6. The number of rotatable bonds is 6. The third kappa shape index (κ3) is 3.97. The summed E-state index contributed by atoms with van der Waals surface area (Å²) in [6.45, 7) is 3.98. The highest BCUT2D eigenvalue weighted by atomic mass is 16.1. The molecule has 16 heavy (non-hydrogen) atoms. The van der Waals surface area contributed by atoms with Crippen LogP contribution in [0.3, 0.4) is 0 Å². The summed E-state index contributed by atoms with van der Waals surface area (Å²) in [6.07, 6.45) is 2.43. The molecule has 0 radical (unpaired) electrons. The minimum Gasteiger partial charge on any atom is -0.299 e. The quantitative estimate of drug-likeness (QED) is 0.542. The van der Waals surface area contributed by atoms with Crippen molar-refractivity contribution in [2.45, 2.75) is 39.5 Å². The Kier molecular flexibility index (Phi) is 4.90. The van der Waals surface area contributed by atoms with Crippen LogP contribution in [0.5, 0.6) is 0 Å². The first-order valence-corrected chi connectivity index (χ1v) is 5.75. The third-order valence-corrected chi connectivity index (χ3v) is 2.51. The molecule has 0 fully saturated rings. The average molecular weight is 218 g/mol. The average Bonchev–Trinajstić information content (AvgIpc) is 2.26. The van der Waals surface area contributed by atoms with Gasteiger partial charge in [0.05, 0.1) is 6.42 Å². The Morgan fingerprint density at radius 3 is 2.62 bits per heavy atom. The molecule has 0 aliphatic rings. The molecule has 2 nitrogen and oxygen atoms in total. The number of benzene rings is 1. The van der Waals surface area contributed by atoms with Gasteiger partial charge in [-0.05, 0) is 19.4 Å². The summed E-state index contributed by atoms with van der Waals surface area (Å²) in [5.41, 5.74) is 1.69. The van der Waals surface area contributed by atoms with E-state index < -0.39 is 0 Å². The Morgan fingerprint density at radius 1 is 1.25 bits per heavy atom. The fourth-order valence-electron chi connectivity index (χ4n) is 1.56. The van der Waals surface area contributed by atoms with Crippen LogP contribution in [0, 0.1) is 6.92 Å². The van der Waals surface area contributed by atoms with Crippen molar-refractivity contribution in [1.29, 1.82) is 0 Å². The number of aryl methyl sites for hydroxylation is 1. The van der Waals surface area contributed by atoms with E-state index in [1.807, 2.05) is 32.0 Å². The van der Waals surface area contributed by atoms with Crippen LogP contribution in [0.2, 0.25) is 0 Å². The molecular weight excluding hydrogens is 200 g/mol. The predicted octanol–water partition coefficient (Wildman–Crippen LogP) is 3.33. The van der Waals surface area contributed by atoms with Gasteiger partial charge in [0.15, 0.2) is 5.78 Å². The maximum absolute atomic E-state index is 11.7. The Hall–Kier alpha value is -1.44. The highest BCUT2D eigenvalue weighted by molar-refractivity contribution is 6.07. The number of ketones is 2. The molecule has 0 saturated heterocycles. The summed E-state index contributed by atoms with van der Waals surface area (Å²) < 4.78 is 0. The lowest BCUT2D eigenvalue weighted by Crippen LogP contribution is -2.08. The second-order valence-electron chi connectivity index (χ2n) is 4.11. The summed E-state index contributed by atoms with van der Waals surface area (Å²) in [6, 6.07) is 7.38. The van der Waals surface area contributed by atoms with Crippen molar-refractivity contribution >= 4 is 11.6 Å². The van der Waals surface area contributed by atoms with Gasteiger partial charge in [-0.3, -0.25) is 9.59 Å². The molecule has 0 N–H and O–H groups in total. The predicted molar refractivity (Wildman–Crippen MR) is 64.7 cm³/mol. The number of hydrogen-bond acceptors (Lipinski definition) is 2. The van der Waals surface area contributed by atoms with Crippen LogP contribution >= 0.6 is 0 Å². The molecule has 1 rings (SSSR count). The first-order chi connectivity index (χ1) is 7.63. The van der Waals surface area contributed by atoms with Crippen molar-refractivity contribution in [2.75, 3.05) is 0 Å². The molecule has 1 aromatic rings. The molecule has 0 unspecified atom stereocenters. The number of carbonyl (C=O) groups excluding carboxylic acids is 2. The number of carbonyl (C=O) groups is 2. The number of hydrogen-bond donors (Lipinski definition) is 0. The topological polar surface area (TPSA) is 34.1 Å². The van der Waals surface area contributed by atoms with E-state index in [-0.39, 0.29) is 18.0 Å². The van der Waals surface area contributed by atoms with E-state index in [0.29, 0.717) is 12.0 Å². The van der Waals surface area contributed by atoms with E-state index in [9.17, 15) is 9.59 Å². The normalized spacial score (nSPS) is 10.1. The van der Waals surface area contributed by atoms with Gasteiger partial charge in [0.1, 0.15) is 5.78 Å². The van der Waals surface area contributed by atoms with Crippen molar-refractivity contribution in [1.82, 2.24) is 0 Å². The molecule has 0 aliphatic carbocycles. The highest BCUT2D eigenvalue weighted by Crippen LogP contribution is 2.08. The minimum absolute atomic E-state index is 0.0451. The van der Waals surface area contributed by atoms with E-state index in [1.165, 1.54) is 0 Å². The smallest absolute Gasteiger partial charge is 0.170 e. The van der Waals surface area contributed by atoms with Crippen molar-refractivity contribution in [3.05, 3.63) is 35.4 Å². The van der Waals surface area contributed by atoms with Gasteiger partial charge in [-0.1, -0.05) is 37.1 Å². The highest BCUT2D eigenvalue weighted by Gasteiger charge is 2.11. The summed E-state index contributed by atoms with van der Waals surface area (Å²) in [5, 5.41) is 0. The monoisotopic (exact) mass is 218 g/mol. The maximum Gasteiger partial charge on any atom is 0.170 e. The summed E-state index contributed by atoms with van der Waals surface area (Å²) in [4.78, 5) is 23.2. The molecule has 0 bridgehead atoms. The molecule has 0 saturated carbocycles. The van der Waals surface area contributed by atoms with Gasteiger partial charge in [0, 0.05) is 12.0 Å². The lowest BCUT2D eigenvalue weighted by molar-refractivity contribution is -0.118. The molecule has 0 heterocycles. The lowest BCUT2D eigenvalue weighted by Gasteiger charge is -2.01. The molecule has 0 amide bonds. The van der Waals surface area contributed by atoms with Gasteiger partial charge in [0.2, 0.25) is 0 Å². The van der Waals surface area contributed by atoms with Crippen LogP contribution in [0.4, 0.5) is 0 Å². The largest absolute Gasteiger partial charge is 0.299 e. The zero-order valence-corrected chi connectivity index (χ0v) is 9.95. The Morgan fingerprint density at radius 2 is 2.00 bits per heavy atom. The fraction of sp³-hybridized carbons (Fsp3) is 0.429. The molecule has 0 aromatic heterocycles. The third-order valence-electron chi connectivity index (χ3n) is 2.51. The van der Waals surface area contributed by atoms with Gasteiger partial charge >= 0.3 is 0 Å². The van der Waals surface area contributed by atoms with Crippen molar-refractivity contribution in [3.8, 4) is 0 Å². The summed E-state index contributed by atoms with van der Waals surface area (Å²) >= 11 is 0. The van der Waals surface area contributed by atoms with Gasteiger partial charge in [-0.2, -0.15) is 0 Å². The van der Waals surface area contributed by atoms with E-state index in [0.717, 1.165) is 18.4 Å². The number of unbranched alkanes of at least 4 members (excludes halogenated alkanes) is 1. The van der Waals surface area contributed by atoms with Crippen LogP contribution in [0.25, 0.3) is 0 Å². The van der Waals surface area contributed by atoms with Crippen molar-refractivity contribution in [3.63, 3.8) is 0 Å². The second-order valence-corrected chi connectivity index (χ2v) is 4.11. The zero-order chi connectivity index (χ0) is 12.0. The molecular formula is C14H18O2. The first-order valence-electron chi connectivity index (χ1n) is 5.75. The summed E-state index contributed by atoms with van der Waals surface area (Å²) in [7, 11) is 0. The van der Waals surface area contributed by atoms with Crippen molar-refractivity contribution in [2.24, 2.45) is 0 Å². The van der Waals surface area contributed by atoms with Gasteiger partial charge in [0.25, 0.3) is 0 Å². The SMILES string of the molecule is CCCCC(=O)CC(=O)c1cccc(C)c1. The summed E-state index contributed by atoms with van der Waals surface area (Å²) in [5.74, 6) is -0.0156. The van der Waals surface area contributed by atoms with Gasteiger partial charge < -0.3 is 0 Å². The van der Waals surface area contributed by atoms with Crippen LogP contribution in [-0.2, 0) is 4.79 Å². The molecule has 0 aliphatic heterocycles. The zero-order valence-electron chi connectivity index (χ0n) is 9.95. The number of Topliss-reactive ketones (excluding diaryl/α,β-unsaturated/α-hetero) is 2. The molecule has 0 spiro atoms.